The summed E-state index contributed by atoms with van der Waals surface area (Å²) < 4.78 is 14.9. The van der Waals surface area contributed by atoms with Crippen molar-refractivity contribution in [1.82, 2.24) is 19.7 Å². The third-order valence-electron chi connectivity index (χ3n) is 5.47. The van der Waals surface area contributed by atoms with Gasteiger partial charge < -0.3 is 4.90 Å². The van der Waals surface area contributed by atoms with E-state index in [4.69, 9.17) is 11.6 Å². The number of pyridine rings is 1. The van der Waals surface area contributed by atoms with Crippen molar-refractivity contribution < 1.29 is 9.18 Å². The second kappa shape index (κ2) is 7.51. The first-order valence-electron chi connectivity index (χ1n) is 9.62. The molecule has 3 aromatic rings. The second-order valence-corrected chi connectivity index (χ2v) is 7.59. The molecule has 1 saturated heterocycles. The maximum Gasteiger partial charge on any atom is 0.257 e. The third kappa shape index (κ3) is 3.15. The number of aromatic nitrogens is 3. The first-order valence-corrected chi connectivity index (χ1v) is 9.99. The molecule has 0 spiro atoms. The Morgan fingerprint density at radius 1 is 1.29 bits per heavy atom. The van der Waals surface area contributed by atoms with Crippen LogP contribution in [-0.2, 0) is 0 Å². The lowest BCUT2D eigenvalue weighted by Crippen LogP contribution is -2.43. The molecule has 1 aliphatic heterocycles. The molecule has 2 aromatic heterocycles. The zero-order chi connectivity index (χ0) is 19.8. The van der Waals surface area contributed by atoms with Crippen LogP contribution in [0.4, 0.5) is 4.39 Å². The summed E-state index contributed by atoms with van der Waals surface area (Å²) in [6.07, 6.45) is 5.65. The number of carbonyl (C=O) groups is 1. The van der Waals surface area contributed by atoms with Gasteiger partial charge in [-0.3, -0.25) is 4.79 Å². The van der Waals surface area contributed by atoms with E-state index in [-0.39, 0.29) is 17.8 Å². The largest absolute Gasteiger partial charge is 0.336 e. The van der Waals surface area contributed by atoms with Gasteiger partial charge in [0.2, 0.25) is 0 Å². The third-order valence-corrected chi connectivity index (χ3v) is 5.86. The highest BCUT2D eigenvalue weighted by Gasteiger charge is 2.29. The number of nitrogens with zero attached hydrogens (tertiary/aromatic N) is 4. The number of piperidine rings is 1. The number of aryl methyl sites for hydroxylation is 1. The highest BCUT2D eigenvalue weighted by atomic mass is 35.5. The van der Waals surface area contributed by atoms with Gasteiger partial charge in [-0.05, 0) is 56.9 Å². The number of amides is 1. The number of hydrogen-bond donors (Lipinski definition) is 0. The normalized spacial score (nSPS) is 17.3. The van der Waals surface area contributed by atoms with E-state index in [1.54, 1.807) is 16.8 Å². The van der Waals surface area contributed by atoms with Gasteiger partial charge in [0.15, 0.2) is 5.65 Å². The van der Waals surface area contributed by atoms with Crippen LogP contribution < -0.4 is 0 Å². The number of fused-ring (bicyclic) bond motifs is 1. The van der Waals surface area contributed by atoms with E-state index >= 15 is 0 Å². The smallest absolute Gasteiger partial charge is 0.257 e. The molecule has 0 aliphatic carbocycles. The SMILES string of the molecule is CC[C@H]1CCCCN1C(=O)c1cnc2c(c(C)nn2-c2ccc(F)cc2)c1Cl. The molecular weight excluding hydrogens is 379 g/mol. The summed E-state index contributed by atoms with van der Waals surface area (Å²) in [7, 11) is 0. The molecule has 3 heterocycles. The fourth-order valence-electron chi connectivity index (χ4n) is 3.97. The Kier molecular flexibility index (Phi) is 5.06. The van der Waals surface area contributed by atoms with E-state index in [0.29, 0.717) is 33.0 Å². The summed E-state index contributed by atoms with van der Waals surface area (Å²) in [5.41, 5.74) is 2.33. The van der Waals surface area contributed by atoms with Gasteiger partial charge in [0.25, 0.3) is 5.91 Å². The van der Waals surface area contributed by atoms with Gasteiger partial charge >= 0.3 is 0 Å². The molecular formula is C21H22ClFN4O. The maximum atomic E-state index is 13.3. The molecule has 7 heteroatoms. The van der Waals surface area contributed by atoms with Crippen LogP contribution >= 0.6 is 11.6 Å². The first-order chi connectivity index (χ1) is 13.5. The number of halogens is 2. The summed E-state index contributed by atoms with van der Waals surface area (Å²) in [6.45, 7) is 4.69. The van der Waals surface area contributed by atoms with Gasteiger partial charge in [-0.25, -0.2) is 14.1 Å². The summed E-state index contributed by atoms with van der Waals surface area (Å²) in [4.78, 5) is 19.6. The molecule has 1 aliphatic rings. The fraction of sp³-hybridized carbons (Fsp3) is 0.381. The second-order valence-electron chi connectivity index (χ2n) is 7.21. The molecule has 0 bridgehead atoms. The van der Waals surface area contributed by atoms with Gasteiger partial charge in [0, 0.05) is 18.8 Å². The highest BCUT2D eigenvalue weighted by molar-refractivity contribution is 6.38. The minimum absolute atomic E-state index is 0.0696. The average Bonchev–Trinajstić information content (AvgIpc) is 3.05. The van der Waals surface area contributed by atoms with Gasteiger partial charge in [-0.15, -0.1) is 0 Å². The maximum absolute atomic E-state index is 13.3. The number of rotatable bonds is 3. The van der Waals surface area contributed by atoms with Crippen molar-refractivity contribution in [3.63, 3.8) is 0 Å². The van der Waals surface area contributed by atoms with E-state index in [1.165, 1.54) is 18.3 Å². The number of benzene rings is 1. The lowest BCUT2D eigenvalue weighted by atomic mass is 9.99. The minimum atomic E-state index is -0.317. The Morgan fingerprint density at radius 2 is 2.04 bits per heavy atom. The Bertz CT molecular complexity index is 1030. The van der Waals surface area contributed by atoms with Crippen LogP contribution in [0.5, 0.6) is 0 Å². The van der Waals surface area contributed by atoms with Crippen molar-refractivity contribution in [2.45, 2.75) is 45.6 Å². The average molecular weight is 401 g/mol. The molecule has 1 amide bonds. The first kappa shape index (κ1) is 18.9. The van der Waals surface area contributed by atoms with Gasteiger partial charge in [0.1, 0.15) is 5.82 Å². The molecule has 1 atom stereocenters. The van der Waals surface area contributed by atoms with E-state index in [1.807, 2.05) is 11.8 Å². The van der Waals surface area contributed by atoms with E-state index in [2.05, 4.69) is 17.0 Å². The summed E-state index contributed by atoms with van der Waals surface area (Å²) in [6, 6.07) is 6.26. The molecule has 5 nitrogen and oxygen atoms in total. The molecule has 4 rings (SSSR count). The van der Waals surface area contributed by atoms with Crippen LogP contribution in [0.2, 0.25) is 5.02 Å². The van der Waals surface area contributed by atoms with Crippen LogP contribution in [0.1, 0.15) is 48.7 Å². The van der Waals surface area contributed by atoms with E-state index in [9.17, 15) is 9.18 Å². The standard InChI is InChI=1S/C21H22ClFN4O/c1-3-15-6-4-5-11-26(15)21(28)17-12-24-20-18(19(17)22)13(2)25-27(20)16-9-7-14(23)8-10-16/h7-10,12,15H,3-6,11H2,1-2H3/t15-/m0/s1. The predicted molar refractivity (Wildman–Crippen MR) is 108 cm³/mol. The lowest BCUT2D eigenvalue weighted by molar-refractivity contribution is 0.0608. The molecule has 0 unspecified atom stereocenters. The van der Waals surface area contributed by atoms with Crippen LogP contribution in [-0.4, -0.2) is 38.2 Å². The fourth-order valence-corrected chi connectivity index (χ4v) is 4.32. The Hall–Kier alpha value is -2.47. The van der Waals surface area contributed by atoms with Crippen LogP contribution in [0.3, 0.4) is 0 Å². The Balaban J connectivity index is 1.78. The Labute approximate surface area is 168 Å². The number of hydrogen-bond acceptors (Lipinski definition) is 3. The van der Waals surface area contributed by atoms with Crippen LogP contribution in [0.15, 0.2) is 30.5 Å². The molecule has 0 radical (unpaired) electrons. The molecule has 146 valence electrons. The summed E-state index contributed by atoms with van der Waals surface area (Å²) in [5.74, 6) is -0.386. The van der Waals surface area contributed by atoms with Crippen molar-refractivity contribution in [2.75, 3.05) is 6.54 Å². The molecule has 1 aromatic carbocycles. The molecule has 1 fully saturated rings. The van der Waals surface area contributed by atoms with Crippen molar-refractivity contribution in [3.8, 4) is 5.69 Å². The van der Waals surface area contributed by atoms with Gasteiger partial charge in [-0.2, -0.15) is 5.10 Å². The van der Waals surface area contributed by atoms with Crippen LogP contribution in [0, 0.1) is 12.7 Å². The number of carbonyl (C=O) groups excluding carboxylic acids is 1. The van der Waals surface area contributed by atoms with Crippen molar-refractivity contribution >= 4 is 28.5 Å². The quantitative estimate of drug-likeness (QED) is 0.626. The molecule has 0 N–H and O–H groups in total. The van der Waals surface area contributed by atoms with Gasteiger partial charge in [-0.1, -0.05) is 18.5 Å². The Morgan fingerprint density at radius 3 is 2.75 bits per heavy atom. The molecule has 0 saturated carbocycles. The summed E-state index contributed by atoms with van der Waals surface area (Å²) >= 11 is 6.68. The van der Waals surface area contributed by atoms with Gasteiger partial charge in [0.05, 0.1) is 27.4 Å². The lowest BCUT2D eigenvalue weighted by Gasteiger charge is -2.35. The van der Waals surface area contributed by atoms with Crippen molar-refractivity contribution in [2.24, 2.45) is 0 Å². The van der Waals surface area contributed by atoms with E-state index < -0.39 is 0 Å². The molecule has 28 heavy (non-hydrogen) atoms. The predicted octanol–water partition coefficient (Wildman–Crippen LogP) is 4.93. The van der Waals surface area contributed by atoms with Crippen LogP contribution in [0.25, 0.3) is 16.7 Å². The monoisotopic (exact) mass is 400 g/mol. The zero-order valence-electron chi connectivity index (χ0n) is 16.0. The topological polar surface area (TPSA) is 51.0 Å². The van der Waals surface area contributed by atoms with Crippen molar-refractivity contribution in [3.05, 3.63) is 52.6 Å². The zero-order valence-corrected chi connectivity index (χ0v) is 16.7. The highest BCUT2D eigenvalue weighted by Crippen LogP contribution is 2.32. The van der Waals surface area contributed by atoms with E-state index in [0.717, 1.165) is 32.2 Å². The van der Waals surface area contributed by atoms with Crippen molar-refractivity contribution in [1.29, 1.82) is 0 Å². The number of likely N-dealkylation sites (tertiary alicyclic amines) is 1. The minimum Gasteiger partial charge on any atom is -0.336 e. The summed E-state index contributed by atoms with van der Waals surface area (Å²) in [5, 5.41) is 5.55.